The third kappa shape index (κ3) is 4.12. The molecule has 0 spiro atoms. The molecule has 0 aliphatic carbocycles. The van der Waals surface area contributed by atoms with Gasteiger partial charge in [-0.3, -0.25) is 10.1 Å². The molecule has 1 rings (SSSR count). The lowest BCUT2D eigenvalue weighted by Crippen LogP contribution is -2.15. The van der Waals surface area contributed by atoms with Gasteiger partial charge in [0.15, 0.2) is 5.88 Å². The zero-order valence-corrected chi connectivity index (χ0v) is 8.96. The molecule has 0 aliphatic heterocycles. The van der Waals surface area contributed by atoms with Crippen LogP contribution in [0.2, 0.25) is 0 Å². The minimum atomic E-state index is 0.00914. The van der Waals surface area contributed by atoms with Gasteiger partial charge in [-0.25, -0.2) is 0 Å². The molecule has 0 bridgehead atoms. The van der Waals surface area contributed by atoms with E-state index >= 15 is 0 Å². The van der Waals surface area contributed by atoms with E-state index in [0.29, 0.717) is 12.3 Å². The smallest absolute Gasteiger partial charge is 0.226 e. The minimum absolute atomic E-state index is 0.00914. The lowest BCUT2D eigenvalue weighted by atomic mass is 9.90. The highest BCUT2D eigenvalue weighted by Gasteiger charge is 2.13. The first kappa shape index (κ1) is 10.8. The number of nitrogens with one attached hydrogen (secondary N) is 1. The van der Waals surface area contributed by atoms with E-state index in [9.17, 15) is 4.79 Å². The molecule has 1 aromatic heterocycles. The normalized spacial score (nSPS) is 11.4. The quantitative estimate of drug-likeness (QED) is 0.805. The average molecular weight is 195 g/mol. The van der Waals surface area contributed by atoms with Crippen molar-refractivity contribution in [2.45, 2.75) is 33.6 Å². The summed E-state index contributed by atoms with van der Waals surface area (Å²) in [6.45, 7) is 6.35. The van der Waals surface area contributed by atoms with Crippen molar-refractivity contribution in [1.29, 1.82) is 0 Å². The van der Waals surface area contributed by atoms with Gasteiger partial charge in [0, 0.05) is 12.5 Å². The van der Waals surface area contributed by atoms with Crippen molar-refractivity contribution in [2.75, 3.05) is 5.32 Å². The van der Waals surface area contributed by atoms with Gasteiger partial charge in [-0.2, -0.15) is 0 Å². The summed E-state index contributed by atoms with van der Waals surface area (Å²) in [5.74, 6) is 0.527. The Morgan fingerprint density at radius 1 is 1.50 bits per heavy atom. The lowest BCUT2D eigenvalue weighted by molar-refractivity contribution is -0.116. The molecule has 0 aromatic carbocycles. The zero-order chi connectivity index (χ0) is 10.6. The van der Waals surface area contributed by atoms with Crippen LogP contribution in [-0.4, -0.2) is 5.91 Å². The van der Waals surface area contributed by atoms with E-state index in [0.717, 1.165) is 6.42 Å². The van der Waals surface area contributed by atoms with E-state index in [-0.39, 0.29) is 11.3 Å². The van der Waals surface area contributed by atoms with Crippen LogP contribution >= 0.6 is 0 Å². The van der Waals surface area contributed by atoms with E-state index in [1.807, 2.05) is 0 Å². The number of amides is 1. The Morgan fingerprint density at radius 2 is 2.21 bits per heavy atom. The van der Waals surface area contributed by atoms with E-state index in [2.05, 4.69) is 26.1 Å². The summed E-state index contributed by atoms with van der Waals surface area (Å²) in [5.41, 5.74) is 0.195. The maximum absolute atomic E-state index is 11.4. The van der Waals surface area contributed by atoms with E-state index in [1.54, 1.807) is 18.4 Å². The molecule has 0 aliphatic rings. The molecule has 1 aromatic rings. The van der Waals surface area contributed by atoms with E-state index < -0.39 is 0 Å². The molecule has 1 N–H and O–H groups in total. The Kier molecular flexibility index (Phi) is 3.33. The van der Waals surface area contributed by atoms with Crippen molar-refractivity contribution in [2.24, 2.45) is 5.41 Å². The largest absolute Gasteiger partial charge is 0.449 e. The molecule has 0 radical (unpaired) electrons. The molecule has 0 atom stereocenters. The summed E-state index contributed by atoms with van der Waals surface area (Å²) in [4.78, 5) is 11.4. The summed E-state index contributed by atoms with van der Waals surface area (Å²) in [6.07, 6.45) is 2.95. The van der Waals surface area contributed by atoms with Crippen LogP contribution in [-0.2, 0) is 4.79 Å². The van der Waals surface area contributed by atoms with Gasteiger partial charge in [-0.15, -0.1) is 0 Å². The van der Waals surface area contributed by atoms with E-state index in [4.69, 9.17) is 4.42 Å². The van der Waals surface area contributed by atoms with Gasteiger partial charge >= 0.3 is 0 Å². The molecule has 3 heteroatoms. The Hall–Kier alpha value is -1.25. The maximum Gasteiger partial charge on any atom is 0.226 e. The maximum atomic E-state index is 11.4. The molecular formula is C11H17NO2. The number of carbonyl (C=O) groups is 1. The van der Waals surface area contributed by atoms with Crippen molar-refractivity contribution in [1.82, 2.24) is 0 Å². The topological polar surface area (TPSA) is 42.2 Å². The Balaban J connectivity index is 2.30. The van der Waals surface area contributed by atoms with Crippen molar-refractivity contribution in [3.63, 3.8) is 0 Å². The number of hydrogen-bond donors (Lipinski definition) is 1. The van der Waals surface area contributed by atoms with Crippen LogP contribution < -0.4 is 5.32 Å². The van der Waals surface area contributed by atoms with Crippen LogP contribution in [0.25, 0.3) is 0 Å². The third-order valence-corrected chi connectivity index (χ3v) is 1.89. The first-order valence-corrected chi connectivity index (χ1v) is 4.81. The van der Waals surface area contributed by atoms with E-state index in [1.165, 1.54) is 0 Å². The lowest BCUT2D eigenvalue weighted by Gasteiger charge is -2.16. The van der Waals surface area contributed by atoms with Crippen molar-refractivity contribution in [3.05, 3.63) is 18.4 Å². The average Bonchev–Trinajstić information content (AvgIpc) is 2.52. The van der Waals surface area contributed by atoms with Crippen LogP contribution in [0.3, 0.4) is 0 Å². The summed E-state index contributed by atoms with van der Waals surface area (Å²) in [5, 5.41) is 2.69. The highest BCUT2D eigenvalue weighted by atomic mass is 16.3. The summed E-state index contributed by atoms with van der Waals surface area (Å²) < 4.78 is 5.00. The molecule has 0 unspecified atom stereocenters. The highest BCUT2D eigenvalue weighted by Crippen LogP contribution is 2.20. The number of rotatable bonds is 3. The highest BCUT2D eigenvalue weighted by molar-refractivity contribution is 5.89. The van der Waals surface area contributed by atoms with Crippen LogP contribution in [0, 0.1) is 5.41 Å². The predicted octanol–water partition coefficient (Wildman–Crippen LogP) is 3.04. The number of hydrogen-bond acceptors (Lipinski definition) is 2. The number of furan rings is 1. The van der Waals surface area contributed by atoms with Crippen molar-refractivity contribution >= 4 is 11.8 Å². The van der Waals surface area contributed by atoms with Crippen LogP contribution in [0.15, 0.2) is 22.8 Å². The van der Waals surface area contributed by atoms with Crippen molar-refractivity contribution < 1.29 is 9.21 Å². The van der Waals surface area contributed by atoms with Gasteiger partial charge in [0.1, 0.15) is 0 Å². The molecule has 78 valence electrons. The van der Waals surface area contributed by atoms with Gasteiger partial charge in [0.05, 0.1) is 6.26 Å². The van der Waals surface area contributed by atoms with Crippen molar-refractivity contribution in [3.8, 4) is 0 Å². The first-order valence-electron chi connectivity index (χ1n) is 4.81. The summed E-state index contributed by atoms with van der Waals surface area (Å²) in [7, 11) is 0. The number of carbonyl (C=O) groups excluding carboxylic acids is 1. The Labute approximate surface area is 84.5 Å². The second-order valence-corrected chi connectivity index (χ2v) is 4.59. The fraction of sp³-hybridized carbons (Fsp3) is 0.545. The second-order valence-electron chi connectivity index (χ2n) is 4.59. The minimum Gasteiger partial charge on any atom is -0.449 e. The zero-order valence-electron chi connectivity index (χ0n) is 8.96. The third-order valence-electron chi connectivity index (χ3n) is 1.89. The van der Waals surface area contributed by atoms with Crippen LogP contribution in [0.5, 0.6) is 0 Å². The Morgan fingerprint density at radius 3 is 2.71 bits per heavy atom. The van der Waals surface area contributed by atoms with Gasteiger partial charge in [-0.1, -0.05) is 20.8 Å². The molecule has 14 heavy (non-hydrogen) atoms. The summed E-state index contributed by atoms with van der Waals surface area (Å²) >= 11 is 0. The predicted molar refractivity (Wildman–Crippen MR) is 56.0 cm³/mol. The summed E-state index contributed by atoms with van der Waals surface area (Å²) in [6, 6.07) is 3.48. The second kappa shape index (κ2) is 4.31. The first-order chi connectivity index (χ1) is 6.47. The fourth-order valence-electron chi connectivity index (χ4n) is 1.04. The standard InChI is InChI=1S/C11H17NO2/c1-11(2,3)7-6-9(13)12-10-5-4-8-14-10/h4-5,8H,6-7H2,1-3H3,(H,12,13). The molecule has 0 saturated heterocycles. The number of anilines is 1. The monoisotopic (exact) mass is 195 g/mol. The molecular weight excluding hydrogens is 178 g/mol. The fourth-order valence-corrected chi connectivity index (χ4v) is 1.04. The molecule has 0 fully saturated rings. The molecule has 0 saturated carbocycles. The van der Waals surface area contributed by atoms with Gasteiger partial charge < -0.3 is 4.42 Å². The van der Waals surface area contributed by atoms with Gasteiger partial charge in [0.25, 0.3) is 0 Å². The molecule has 1 amide bonds. The SMILES string of the molecule is CC(C)(C)CCC(=O)Nc1ccco1. The van der Waals surface area contributed by atoms with Gasteiger partial charge in [0.2, 0.25) is 5.91 Å². The van der Waals surface area contributed by atoms with Gasteiger partial charge in [-0.05, 0) is 17.9 Å². The molecule has 1 heterocycles. The Bertz CT molecular complexity index is 283. The van der Waals surface area contributed by atoms with Crippen LogP contribution in [0.4, 0.5) is 5.88 Å². The molecule has 3 nitrogen and oxygen atoms in total. The van der Waals surface area contributed by atoms with Crippen LogP contribution in [0.1, 0.15) is 33.6 Å².